The molecule has 0 spiro atoms. The second-order valence-corrected chi connectivity index (χ2v) is 10.2. The quantitative estimate of drug-likeness (QED) is 0.667. The molecule has 34 heavy (non-hydrogen) atoms. The van der Waals surface area contributed by atoms with Gasteiger partial charge in [-0.05, 0) is 49.1 Å². The van der Waals surface area contributed by atoms with Crippen LogP contribution >= 0.6 is 0 Å². The fourth-order valence-corrected chi connectivity index (χ4v) is 5.17. The van der Waals surface area contributed by atoms with Gasteiger partial charge in [0.1, 0.15) is 0 Å². The monoisotopic (exact) mass is 475 g/mol. The van der Waals surface area contributed by atoms with Crippen LogP contribution in [0, 0.1) is 11.3 Å². The average molecular weight is 476 g/mol. The lowest BCUT2D eigenvalue weighted by molar-refractivity contribution is -0.178. The van der Waals surface area contributed by atoms with Gasteiger partial charge < -0.3 is 10.2 Å². The number of carbonyl (C=O) groups is 1. The summed E-state index contributed by atoms with van der Waals surface area (Å²) in [5.74, 6) is -1.74. The highest BCUT2D eigenvalue weighted by Gasteiger charge is 2.45. The van der Waals surface area contributed by atoms with Gasteiger partial charge in [0.15, 0.2) is 0 Å². The van der Waals surface area contributed by atoms with Crippen molar-refractivity contribution in [3.8, 4) is 0 Å². The number of nitrogens with one attached hydrogen (secondary N) is 1. The van der Waals surface area contributed by atoms with Gasteiger partial charge in [-0.25, -0.2) is 0 Å². The number of hydrogen-bond donors (Lipinski definition) is 1. The van der Waals surface area contributed by atoms with Gasteiger partial charge >= 0.3 is 6.18 Å². The first-order valence-electron chi connectivity index (χ1n) is 11.7. The molecule has 2 aliphatic rings. The van der Waals surface area contributed by atoms with Crippen molar-refractivity contribution in [3.05, 3.63) is 36.0 Å². The van der Waals surface area contributed by atoms with Crippen LogP contribution in [0.1, 0.15) is 32.3 Å². The first-order chi connectivity index (χ1) is 16.1. The zero-order chi connectivity index (χ0) is 24.5. The Kier molecular flexibility index (Phi) is 6.85. The standard InChI is InChI=1S/C25H32F3N5O/c1-24(2)8-10-32(16-24)15-22(34)31-19-11-18(25(26,27)28)13-33(14-19)21-7-6-17(12-29-3)23-20(21)5-4-9-30-23/h4-7,9,12,18-19H,8,10-11,13-16H2,1-3H3,(H,31,34)/b29-12+/t18-,19+/m0/s1. The summed E-state index contributed by atoms with van der Waals surface area (Å²) in [6.07, 6.45) is -0.0992. The summed E-state index contributed by atoms with van der Waals surface area (Å²) >= 11 is 0. The van der Waals surface area contributed by atoms with Crippen LogP contribution in [0.15, 0.2) is 35.5 Å². The van der Waals surface area contributed by atoms with Crippen LogP contribution in [0.2, 0.25) is 0 Å². The molecule has 6 nitrogen and oxygen atoms in total. The minimum absolute atomic E-state index is 0.117. The Morgan fingerprint density at radius 1 is 1.29 bits per heavy atom. The Morgan fingerprint density at radius 2 is 2.09 bits per heavy atom. The molecule has 1 aromatic heterocycles. The molecule has 1 aromatic carbocycles. The van der Waals surface area contributed by atoms with Gasteiger partial charge in [0.05, 0.1) is 18.0 Å². The van der Waals surface area contributed by atoms with Crippen LogP contribution < -0.4 is 10.2 Å². The van der Waals surface area contributed by atoms with E-state index in [1.165, 1.54) is 0 Å². The highest BCUT2D eigenvalue weighted by molar-refractivity contribution is 6.03. The van der Waals surface area contributed by atoms with E-state index < -0.39 is 18.1 Å². The predicted octanol–water partition coefficient (Wildman–Crippen LogP) is 3.89. The van der Waals surface area contributed by atoms with Gasteiger partial charge in [-0.15, -0.1) is 0 Å². The van der Waals surface area contributed by atoms with E-state index in [4.69, 9.17) is 0 Å². The van der Waals surface area contributed by atoms with E-state index in [0.717, 1.165) is 30.5 Å². The van der Waals surface area contributed by atoms with Crippen molar-refractivity contribution in [2.24, 2.45) is 16.3 Å². The molecule has 3 heterocycles. The summed E-state index contributed by atoms with van der Waals surface area (Å²) in [5, 5.41) is 3.67. The van der Waals surface area contributed by atoms with Crippen molar-refractivity contribution in [3.63, 3.8) is 0 Å². The lowest BCUT2D eigenvalue weighted by atomic mass is 9.92. The number of carbonyl (C=O) groups excluding carboxylic acids is 1. The molecule has 2 aliphatic heterocycles. The maximum Gasteiger partial charge on any atom is 0.393 e. The fourth-order valence-electron chi connectivity index (χ4n) is 5.17. The molecule has 184 valence electrons. The minimum atomic E-state index is -4.34. The normalized spacial score (nSPS) is 23.6. The van der Waals surface area contributed by atoms with E-state index in [1.54, 1.807) is 30.4 Å². The number of aromatic nitrogens is 1. The second-order valence-electron chi connectivity index (χ2n) is 10.2. The smallest absolute Gasteiger partial charge is 0.368 e. The third-order valence-corrected chi connectivity index (χ3v) is 6.79. The Hall–Kier alpha value is -2.68. The SMILES string of the molecule is C/N=C/c1ccc(N2C[C@H](NC(=O)CN3CCC(C)(C)C3)C[C@H](C(F)(F)F)C2)c2cccnc12. The number of aliphatic imine (C=N–C) groups is 1. The number of piperidine rings is 1. The zero-order valence-electron chi connectivity index (χ0n) is 19.9. The topological polar surface area (TPSA) is 60.8 Å². The molecule has 9 heteroatoms. The van der Waals surface area contributed by atoms with Crippen LogP contribution in [0.25, 0.3) is 10.9 Å². The van der Waals surface area contributed by atoms with Crippen molar-refractivity contribution in [1.29, 1.82) is 0 Å². The van der Waals surface area contributed by atoms with E-state index >= 15 is 0 Å². The van der Waals surface area contributed by atoms with Crippen molar-refractivity contribution in [2.45, 2.75) is 38.9 Å². The Bertz CT molecular complexity index is 1070. The molecule has 0 unspecified atom stereocenters. The number of likely N-dealkylation sites (tertiary alicyclic amines) is 1. The van der Waals surface area contributed by atoms with E-state index in [2.05, 4.69) is 34.0 Å². The maximum atomic E-state index is 13.9. The number of benzene rings is 1. The molecule has 0 radical (unpaired) electrons. The number of amides is 1. The lowest BCUT2D eigenvalue weighted by Gasteiger charge is -2.40. The highest BCUT2D eigenvalue weighted by atomic mass is 19.4. The Balaban J connectivity index is 1.56. The van der Waals surface area contributed by atoms with Crippen molar-refractivity contribution in [1.82, 2.24) is 15.2 Å². The molecule has 0 bridgehead atoms. The van der Waals surface area contributed by atoms with Gasteiger partial charge in [-0.3, -0.25) is 19.7 Å². The number of alkyl halides is 3. The van der Waals surface area contributed by atoms with Crippen molar-refractivity contribution >= 4 is 28.7 Å². The molecular formula is C25H32F3N5O. The van der Waals surface area contributed by atoms with Crippen LogP contribution in [-0.2, 0) is 4.79 Å². The number of rotatable bonds is 5. The number of hydrogen-bond acceptors (Lipinski definition) is 5. The molecule has 2 atom stereocenters. The number of anilines is 1. The third kappa shape index (κ3) is 5.51. The Morgan fingerprint density at radius 3 is 2.76 bits per heavy atom. The largest absolute Gasteiger partial charge is 0.393 e. The van der Waals surface area contributed by atoms with Crippen molar-refractivity contribution < 1.29 is 18.0 Å². The Labute approximate surface area is 198 Å². The molecule has 0 aliphatic carbocycles. The van der Waals surface area contributed by atoms with Crippen molar-refractivity contribution in [2.75, 3.05) is 44.7 Å². The zero-order valence-corrected chi connectivity index (χ0v) is 19.9. The predicted molar refractivity (Wildman–Crippen MR) is 128 cm³/mol. The van der Waals surface area contributed by atoms with E-state index in [0.29, 0.717) is 17.7 Å². The summed E-state index contributed by atoms with van der Waals surface area (Å²) in [7, 11) is 1.66. The van der Waals surface area contributed by atoms with Crippen LogP contribution in [0.3, 0.4) is 0 Å². The van der Waals surface area contributed by atoms with Crippen LogP contribution in [0.5, 0.6) is 0 Å². The molecule has 2 aromatic rings. The molecule has 1 N–H and O–H groups in total. The lowest BCUT2D eigenvalue weighted by Crippen LogP contribution is -2.55. The molecule has 0 saturated carbocycles. The third-order valence-electron chi connectivity index (χ3n) is 6.79. The molecule has 1 amide bonds. The highest BCUT2D eigenvalue weighted by Crippen LogP contribution is 2.37. The van der Waals surface area contributed by atoms with Gasteiger partial charge in [0.25, 0.3) is 0 Å². The first-order valence-corrected chi connectivity index (χ1v) is 11.7. The summed E-state index contributed by atoms with van der Waals surface area (Å²) in [4.78, 5) is 25.0. The van der Waals surface area contributed by atoms with Gasteiger partial charge in [0, 0.05) is 61.8 Å². The number of nitrogens with zero attached hydrogens (tertiary/aromatic N) is 4. The number of fused-ring (bicyclic) bond motifs is 1. The molecule has 4 rings (SSSR count). The fraction of sp³-hybridized carbons (Fsp3) is 0.560. The minimum Gasteiger partial charge on any atom is -0.368 e. The van der Waals surface area contributed by atoms with Crippen LogP contribution in [0.4, 0.5) is 18.9 Å². The second kappa shape index (κ2) is 9.52. The maximum absolute atomic E-state index is 13.9. The molecule has 2 saturated heterocycles. The summed E-state index contributed by atoms with van der Waals surface area (Å²) < 4.78 is 41.6. The van der Waals surface area contributed by atoms with E-state index in [9.17, 15) is 18.0 Å². The van der Waals surface area contributed by atoms with Gasteiger partial charge in [0.2, 0.25) is 5.91 Å². The average Bonchev–Trinajstić information content (AvgIpc) is 3.11. The van der Waals surface area contributed by atoms with Crippen LogP contribution in [-0.4, -0.2) is 74.0 Å². The molecular weight excluding hydrogens is 443 g/mol. The van der Waals surface area contributed by atoms with Gasteiger partial charge in [-0.2, -0.15) is 13.2 Å². The van der Waals surface area contributed by atoms with Gasteiger partial charge in [-0.1, -0.05) is 13.8 Å². The van der Waals surface area contributed by atoms with E-state index in [-0.39, 0.29) is 30.8 Å². The first kappa shape index (κ1) is 24.4. The summed E-state index contributed by atoms with van der Waals surface area (Å²) in [6, 6.07) is 6.71. The van der Waals surface area contributed by atoms with E-state index in [1.807, 2.05) is 18.2 Å². The number of halogens is 3. The number of pyridine rings is 1. The summed E-state index contributed by atoms with van der Waals surface area (Å²) in [5.41, 5.74) is 2.35. The molecule has 2 fully saturated rings. The summed E-state index contributed by atoms with van der Waals surface area (Å²) in [6.45, 7) is 6.35.